The summed E-state index contributed by atoms with van der Waals surface area (Å²) < 4.78 is 31.5. The fourth-order valence-corrected chi connectivity index (χ4v) is 3.26. The van der Waals surface area contributed by atoms with Crippen LogP contribution in [0.2, 0.25) is 0 Å². The zero-order valence-corrected chi connectivity index (χ0v) is 12.6. The Bertz CT molecular complexity index is 741. The fraction of sp³-hybridized carbons (Fsp3) is 0.167. The number of thiazole rings is 1. The highest BCUT2D eigenvalue weighted by Crippen LogP contribution is 2.22. The number of hydrogen-bond donors (Lipinski definition) is 2. The van der Waals surface area contributed by atoms with E-state index in [1.165, 1.54) is 30.6 Å². The van der Waals surface area contributed by atoms with E-state index in [1.807, 2.05) is 0 Å². The van der Waals surface area contributed by atoms with Crippen molar-refractivity contribution in [1.82, 2.24) is 9.71 Å². The smallest absolute Gasteiger partial charge is 0.339 e. The molecule has 0 spiro atoms. The van der Waals surface area contributed by atoms with Gasteiger partial charge in [-0.2, -0.15) is 0 Å². The zero-order chi connectivity index (χ0) is 15.5. The largest absolute Gasteiger partial charge is 0.496 e. The van der Waals surface area contributed by atoms with Gasteiger partial charge in [0.25, 0.3) is 0 Å². The molecule has 21 heavy (non-hydrogen) atoms. The Morgan fingerprint density at radius 2 is 2.24 bits per heavy atom. The van der Waals surface area contributed by atoms with Crippen LogP contribution in [0.1, 0.15) is 15.4 Å². The summed E-state index contributed by atoms with van der Waals surface area (Å²) in [7, 11) is -2.50. The Morgan fingerprint density at radius 1 is 1.48 bits per heavy atom. The van der Waals surface area contributed by atoms with E-state index in [1.54, 1.807) is 11.6 Å². The summed E-state index contributed by atoms with van der Waals surface area (Å²) in [6, 6.07) is 3.65. The first-order valence-electron chi connectivity index (χ1n) is 5.73. The molecule has 1 aromatic carbocycles. The molecule has 0 radical (unpaired) electrons. The molecule has 0 aliphatic rings. The highest BCUT2D eigenvalue weighted by atomic mass is 32.2. The molecular weight excluding hydrogens is 316 g/mol. The molecule has 0 aliphatic carbocycles. The third-order valence-corrected chi connectivity index (χ3v) is 4.79. The Labute approximate surface area is 125 Å². The number of hydrogen-bond acceptors (Lipinski definition) is 6. The number of methoxy groups -OCH3 is 1. The predicted octanol–water partition coefficient (Wildman–Crippen LogP) is 1.33. The summed E-state index contributed by atoms with van der Waals surface area (Å²) in [5.41, 5.74) is -0.213. The Kier molecular flexibility index (Phi) is 4.56. The number of sulfonamides is 1. The summed E-state index contributed by atoms with van der Waals surface area (Å²) in [6.45, 7) is 0.0500. The lowest BCUT2D eigenvalue weighted by Gasteiger charge is -2.09. The Morgan fingerprint density at radius 3 is 2.81 bits per heavy atom. The van der Waals surface area contributed by atoms with Crippen molar-refractivity contribution >= 4 is 27.3 Å². The van der Waals surface area contributed by atoms with Gasteiger partial charge in [-0.05, 0) is 18.2 Å². The number of aromatic carboxylic acids is 1. The molecule has 0 saturated carbocycles. The van der Waals surface area contributed by atoms with E-state index >= 15 is 0 Å². The lowest BCUT2D eigenvalue weighted by molar-refractivity contribution is 0.0693. The third kappa shape index (κ3) is 3.57. The number of nitrogens with zero attached hydrogens (tertiary/aromatic N) is 1. The van der Waals surface area contributed by atoms with Crippen LogP contribution in [-0.4, -0.2) is 31.6 Å². The summed E-state index contributed by atoms with van der Waals surface area (Å²) >= 11 is 1.32. The van der Waals surface area contributed by atoms with Crippen LogP contribution < -0.4 is 9.46 Å². The number of carboxylic acid groups (broad SMARTS) is 1. The normalized spacial score (nSPS) is 11.3. The van der Waals surface area contributed by atoms with Crippen molar-refractivity contribution in [2.75, 3.05) is 7.11 Å². The van der Waals surface area contributed by atoms with Crippen molar-refractivity contribution in [3.05, 3.63) is 40.3 Å². The quantitative estimate of drug-likeness (QED) is 0.828. The van der Waals surface area contributed by atoms with Gasteiger partial charge in [0.15, 0.2) is 0 Å². The molecule has 0 amide bonds. The van der Waals surface area contributed by atoms with Gasteiger partial charge in [0.1, 0.15) is 16.3 Å². The lowest BCUT2D eigenvalue weighted by atomic mass is 10.2. The number of benzene rings is 1. The third-order valence-electron chi connectivity index (χ3n) is 2.61. The first kappa shape index (κ1) is 15.4. The molecule has 112 valence electrons. The molecule has 0 unspecified atom stereocenters. The van der Waals surface area contributed by atoms with Gasteiger partial charge >= 0.3 is 5.97 Å². The number of ether oxygens (including phenoxy) is 1. The van der Waals surface area contributed by atoms with Crippen LogP contribution in [-0.2, 0) is 16.6 Å². The minimum absolute atomic E-state index is 0.0500. The van der Waals surface area contributed by atoms with Gasteiger partial charge in [-0.15, -0.1) is 11.3 Å². The molecule has 2 N–H and O–H groups in total. The zero-order valence-electron chi connectivity index (χ0n) is 10.9. The van der Waals surface area contributed by atoms with Gasteiger partial charge < -0.3 is 9.84 Å². The van der Waals surface area contributed by atoms with E-state index < -0.39 is 16.0 Å². The molecule has 9 heteroatoms. The minimum Gasteiger partial charge on any atom is -0.496 e. The number of carbonyl (C=O) groups is 1. The van der Waals surface area contributed by atoms with Gasteiger partial charge in [-0.25, -0.2) is 22.9 Å². The maximum absolute atomic E-state index is 12.1. The van der Waals surface area contributed by atoms with Crippen LogP contribution in [0.15, 0.2) is 34.7 Å². The van der Waals surface area contributed by atoms with Crippen molar-refractivity contribution in [3.8, 4) is 5.75 Å². The highest BCUT2D eigenvalue weighted by molar-refractivity contribution is 7.89. The van der Waals surface area contributed by atoms with Gasteiger partial charge in [-0.3, -0.25) is 0 Å². The van der Waals surface area contributed by atoms with E-state index in [2.05, 4.69) is 9.71 Å². The van der Waals surface area contributed by atoms with Crippen LogP contribution >= 0.6 is 11.3 Å². The summed E-state index contributed by atoms with van der Waals surface area (Å²) in [4.78, 5) is 14.9. The average Bonchev–Trinajstić information content (AvgIpc) is 2.97. The minimum atomic E-state index is -3.82. The predicted molar refractivity (Wildman–Crippen MR) is 76.1 cm³/mol. The summed E-state index contributed by atoms with van der Waals surface area (Å²) in [6.07, 6.45) is 1.57. The molecule has 1 heterocycles. The van der Waals surface area contributed by atoms with E-state index in [0.29, 0.717) is 5.01 Å². The van der Waals surface area contributed by atoms with Gasteiger partial charge in [0, 0.05) is 11.6 Å². The molecule has 2 aromatic rings. The average molecular weight is 328 g/mol. The van der Waals surface area contributed by atoms with Gasteiger partial charge in [0.05, 0.1) is 18.6 Å². The van der Waals surface area contributed by atoms with Gasteiger partial charge in [-0.1, -0.05) is 0 Å². The maximum atomic E-state index is 12.1. The standard InChI is InChI=1S/C12H12N2O5S2/c1-19-10-3-2-8(6-9(10)12(15)16)21(17,18)14-7-11-13-4-5-20-11/h2-6,14H,7H2,1H3,(H,15,16). The molecule has 0 fully saturated rings. The van der Waals surface area contributed by atoms with Crippen molar-refractivity contribution < 1.29 is 23.1 Å². The summed E-state index contributed by atoms with van der Waals surface area (Å²) in [5.74, 6) is -1.16. The summed E-state index contributed by atoms with van der Waals surface area (Å²) in [5, 5.41) is 11.4. The molecule has 7 nitrogen and oxygen atoms in total. The second-order valence-corrected chi connectivity index (χ2v) is 6.66. The van der Waals surface area contributed by atoms with E-state index in [4.69, 9.17) is 9.84 Å². The van der Waals surface area contributed by atoms with E-state index in [0.717, 1.165) is 6.07 Å². The number of carboxylic acids is 1. The molecular formula is C12H12N2O5S2. The number of rotatable bonds is 6. The molecule has 0 saturated heterocycles. The maximum Gasteiger partial charge on any atom is 0.339 e. The molecule has 0 atom stereocenters. The van der Waals surface area contributed by atoms with Crippen LogP contribution in [0.25, 0.3) is 0 Å². The molecule has 2 rings (SSSR count). The van der Waals surface area contributed by atoms with E-state index in [-0.39, 0.29) is 22.8 Å². The first-order valence-corrected chi connectivity index (χ1v) is 8.09. The van der Waals surface area contributed by atoms with Crippen molar-refractivity contribution in [2.45, 2.75) is 11.4 Å². The molecule has 1 aromatic heterocycles. The van der Waals surface area contributed by atoms with Crippen LogP contribution in [0.5, 0.6) is 5.75 Å². The number of aromatic nitrogens is 1. The van der Waals surface area contributed by atoms with Crippen LogP contribution in [0.3, 0.4) is 0 Å². The molecule has 0 bridgehead atoms. The fourth-order valence-electron chi connectivity index (χ4n) is 1.60. The van der Waals surface area contributed by atoms with Crippen LogP contribution in [0.4, 0.5) is 0 Å². The van der Waals surface area contributed by atoms with Crippen molar-refractivity contribution in [3.63, 3.8) is 0 Å². The topological polar surface area (TPSA) is 106 Å². The van der Waals surface area contributed by atoms with Crippen molar-refractivity contribution in [1.29, 1.82) is 0 Å². The van der Waals surface area contributed by atoms with Crippen molar-refractivity contribution in [2.24, 2.45) is 0 Å². The van der Waals surface area contributed by atoms with Gasteiger partial charge in [0.2, 0.25) is 10.0 Å². The highest BCUT2D eigenvalue weighted by Gasteiger charge is 2.19. The van der Waals surface area contributed by atoms with Crippen LogP contribution in [0, 0.1) is 0 Å². The first-order chi connectivity index (χ1) is 9.94. The monoisotopic (exact) mass is 328 g/mol. The Balaban J connectivity index is 2.27. The second kappa shape index (κ2) is 6.20. The Hall–Kier alpha value is -1.97. The second-order valence-electron chi connectivity index (χ2n) is 3.92. The number of nitrogens with one attached hydrogen (secondary N) is 1. The SMILES string of the molecule is COc1ccc(S(=O)(=O)NCc2nccs2)cc1C(=O)O. The van der Waals surface area contributed by atoms with E-state index in [9.17, 15) is 13.2 Å². The molecule has 0 aliphatic heterocycles. The lowest BCUT2D eigenvalue weighted by Crippen LogP contribution is -2.23.